The van der Waals surface area contributed by atoms with Crippen LogP contribution in [0.2, 0.25) is 0 Å². The van der Waals surface area contributed by atoms with Gasteiger partial charge in [0, 0.05) is 32.7 Å². The average molecular weight is 518 g/mol. The van der Waals surface area contributed by atoms with Crippen molar-refractivity contribution in [3.8, 4) is 0 Å². The van der Waals surface area contributed by atoms with E-state index in [2.05, 4.69) is 4.90 Å². The van der Waals surface area contributed by atoms with Gasteiger partial charge in [0.1, 0.15) is 23.2 Å². The molecule has 10 nitrogen and oxygen atoms in total. The minimum absolute atomic E-state index is 0.209. The number of hydrogen-bond acceptors (Lipinski definition) is 8. The van der Waals surface area contributed by atoms with E-state index < -0.39 is 41.1 Å². The number of nitrogens with zero attached hydrogens (tertiary/aromatic N) is 3. The molecule has 5 heterocycles. The Morgan fingerprint density at radius 1 is 1.03 bits per heavy atom. The molecule has 0 aromatic rings. The van der Waals surface area contributed by atoms with Crippen LogP contribution in [-0.4, -0.2) is 120 Å². The monoisotopic (exact) mass is 517 g/mol. The number of carbonyl (C=O) groups is 3. The highest BCUT2D eigenvalue weighted by Crippen LogP contribution is 2.58. The lowest BCUT2D eigenvalue weighted by molar-refractivity contribution is -0.163. The Kier molecular flexibility index (Phi) is 7.46. The topological polar surface area (TPSA) is 109 Å². The molecule has 0 aromatic heterocycles. The number of aliphatic hydroxyl groups is 1. The van der Waals surface area contributed by atoms with Gasteiger partial charge in [0.05, 0.1) is 38.4 Å². The predicted octanol–water partition coefficient (Wildman–Crippen LogP) is 0.352. The Morgan fingerprint density at radius 2 is 1.81 bits per heavy atom. The van der Waals surface area contributed by atoms with Crippen molar-refractivity contribution in [1.29, 1.82) is 0 Å². The molecule has 1 unspecified atom stereocenters. The van der Waals surface area contributed by atoms with E-state index in [1.165, 1.54) is 4.90 Å². The molecule has 3 saturated heterocycles. The first-order valence-corrected chi connectivity index (χ1v) is 13.7. The number of aliphatic hydroxyl groups excluding tert-OH is 1. The number of likely N-dealkylation sites (tertiary alicyclic amines) is 1. The summed E-state index contributed by atoms with van der Waals surface area (Å²) in [4.78, 5) is 47.5. The second-order valence-electron chi connectivity index (χ2n) is 10.6. The van der Waals surface area contributed by atoms with E-state index in [9.17, 15) is 19.5 Å². The van der Waals surface area contributed by atoms with Gasteiger partial charge in [-0.15, -0.1) is 0 Å². The van der Waals surface area contributed by atoms with Crippen molar-refractivity contribution in [2.75, 3.05) is 59.2 Å². The number of cyclic esters (lactones) is 1. The van der Waals surface area contributed by atoms with Gasteiger partial charge in [0.25, 0.3) is 0 Å². The van der Waals surface area contributed by atoms with Gasteiger partial charge >= 0.3 is 5.97 Å². The van der Waals surface area contributed by atoms with Gasteiger partial charge in [-0.2, -0.15) is 0 Å². The number of fused-ring (bicyclic) bond motifs is 2. The molecule has 0 saturated carbocycles. The fourth-order valence-electron chi connectivity index (χ4n) is 6.81. The Balaban J connectivity index is 1.55. The van der Waals surface area contributed by atoms with Gasteiger partial charge in [0.15, 0.2) is 0 Å². The van der Waals surface area contributed by atoms with Gasteiger partial charge in [-0.1, -0.05) is 38.2 Å². The molecule has 2 amide bonds. The van der Waals surface area contributed by atoms with E-state index in [1.54, 1.807) is 4.90 Å². The number of hydrogen-bond donors (Lipinski definition) is 1. The Bertz CT molecular complexity index is 960. The summed E-state index contributed by atoms with van der Waals surface area (Å²) in [5.41, 5.74) is -2.37. The Morgan fingerprint density at radius 3 is 2.51 bits per heavy atom. The van der Waals surface area contributed by atoms with Crippen LogP contribution in [0.4, 0.5) is 0 Å². The third-order valence-electron chi connectivity index (χ3n) is 8.79. The molecule has 204 valence electrons. The summed E-state index contributed by atoms with van der Waals surface area (Å²) < 4.78 is 17.9. The first-order chi connectivity index (χ1) is 17.9. The molecule has 0 aliphatic carbocycles. The molecule has 1 spiro atoms. The molecule has 5 aliphatic heterocycles. The summed E-state index contributed by atoms with van der Waals surface area (Å²) in [5.74, 6) is -2.78. The molecule has 5 rings (SSSR count). The van der Waals surface area contributed by atoms with Crippen molar-refractivity contribution >= 4 is 17.8 Å². The first kappa shape index (κ1) is 26.3. The van der Waals surface area contributed by atoms with Crippen molar-refractivity contribution in [3.63, 3.8) is 0 Å². The number of ether oxygens (including phenoxy) is 3. The van der Waals surface area contributed by atoms with Crippen LogP contribution in [0.5, 0.6) is 0 Å². The lowest BCUT2D eigenvalue weighted by Crippen LogP contribution is -2.59. The molecule has 0 bridgehead atoms. The highest BCUT2D eigenvalue weighted by atomic mass is 16.6. The fourth-order valence-corrected chi connectivity index (χ4v) is 6.81. The van der Waals surface area contributed by atoms with E-state index in [-0.39, 0.29) is 25.0 Å². The zero-order valence-corrected chi connectivity index (χ0v) is 21.8. The van der Waals surface area contributed by atoms with Crippen molar-refractivity contribution in [3.05, 3.63) is 24.3 Å². The van der Waals surface area contributed by atoms with E-state index >= 15 is 0 Å². The summed E-state index contributed by atoms with van der Waals surface area (Å²) in [7, 11) is 0. The first-order valence-electron chi connectivity index (χ1n) is 13.7. The maximum atomic E-state index is 14.3. The zero-order valence-electron chi connectivity index (χ0n) is 21.8. The molecule has 6 atom stereocenters. The van der Waals surface area contributed by atoms with Crippen LogP contribution in [-0.2, 0) is 28.6 Å². The van der Waals surface area contributed by atoms with Crippen LogP contribution < -0.4 is 0 Å². The van der Waals surface area contributed by atoms with Gasteiger partial charge in [-0.25, -0.2) is 0 Å². The summed E-state index contributed by atoms with van der Waals surface area (Å²) in [6.45, 7) is 8.36. The number of carbonyl (C=O) groups excluding carboxylic acids is 3. The molecule has 37 heavy (non-hydrogen) atoms. The maximum Gasteiger partial charge on any atom is 0.313 e. The van der Waals surface area contributed by atoms with Gasteiger partial charge in [0.2, 0.25) is 11.8 Å². The average Bonchev–Trinajstić information content (AvgIpc) is 3.26. The summed E-state index contributed by atoms with van der Waals surface area (Å²) in [5, 5.41) is 10.2. The van der Waals surface area contributed by atoms with Crippen LogP contribution in [0.15, 0.2) is 24.3 Å². The molecule has 0 radical (unpaired) electrons. The standard InChI is InChI=1S/C27H39N3O7/c1-3-19(18-31)30-22-24(33)29(12-11-28-13-16-35-17-14-28)10-7-9-27(22)20(23(30)32)21-25(34)36-15-6-5-8-26(21,4-2)37-27/h5,7-9,19-22,31H,3-4,6,10-18H2,1-2H3/t19-,20-,21+,22?,26-,27-/m0/s1. The lowest BCUT2D eigenvalue weighted by Gasteiger charge is -2.41. The summed E-state index contributed by atoms with van der Waals surface area (Å²) >= 11 is 0. The van der Waals surface area contributed by atoms with Crippen molar-refractivity contribution in [1.82, 2.24) is 14.7 Å². The molecular formula is C27H39N3O7. The summed E-state index contributed by atoms with van der Waals surface area (Å²) in [6.07, 6.45) is 9.09. The number of amides is 2. The second-order valence-corrected chi connectivity index (χ2v) is 10.6. The molecular weight excluding hydrogens is 478 g/mol. The number of esters is 1. The Labute approximate surface area is 218 Å². The minimum Gasteiger partial charge on any atom is -0.465 e. The van der Waals surface area contributed by atoms with Crippen molar-refractivity contribution in [2.24, 2.45) is 11.8 Å². The largest absolute Gasteiger partial charge is 0.465 e. The van der Waals surface area contributed by atoms with Crippen LogP contribution in [0.3, 0.4) is 0 Å². The van der Waals surface area contributed by atoms with Crippen LogP contribution in [0.25, 0.3) is 0 Å². The highest BCUT2D eigenvalue weighted by molar-refractivity contribution is 5.99. The molecule has 3 fully saturated rings. The SMILES string of the molecule is CC[C@@H](CO)N1C(=O)[C@@H]2[C@@H]3C(=O)OCCC=C[C@]3(CC)O[C@@]23C=CCN(CCN2CCOCC2)C(=O)C13. The lowest BCUT2D eigenvalue weighted by atomic mass is 9.73. The van der Waals surface area contributed by atoms with Gasteiger partial charge in [-0.3, -0.25) is 19.3 Å². The van der Waals surface area contributed by atoms with Crippen molar-refractivity contribution < 1.29 is 33.7 Å². The predicted molar refractivity (Wildman–Crippen MR) is 133 cm³/mol. The summed E-state index contributed by atoms with van der Waals surface area (Å²) in [6, 6.07) is -1.53. The van der Waals surface area contributed by atoms with Gasteiger partial charge < -0.3 is 29.1 Å². The fraction of sp³-hybridized carbons (Fsp3) is 0.741. The molecule has 10 heteroatoms. The van der Waals surface area contributed by atoms with Crippen LogP contribution in [0.1, 0.15) is 33.1 Å². The highest BCUT2D eigenvalue weighted by Gasteiger charge is 2.75. The number of morpholine rings is 1. The van der Waals surface area contributed by atoms with Crippen LogP contribution in [0, 0.1) is 11.8 Å². The van der Waals surface area contributed by atoms with Crippen LogP contribution >= 0.6 is 0 Å². The van der Waals surface area contributed by atoms with E-state index in [1.807, 2.05) is 38.2 Å². The zero-order chi connectivity index (χ0) is 26.2. The second kappa shape index (κ2) is 10.5. The number of rotatable bonds is 7. The quantitative estimate of drug-likeness (QED) is 0.381. The van der Waals surface area contributed by atoms with E-state index in [0.29, 0.717) is 52.1 Å². The maximum absolute atomic E-state index is 14.3. The van der Waals surface area contributed by atoms with Crippen molar-refractivity contribution in [2.45, 2.75) is 56.4 Å². The molecule has 0 aromatic carbocycles. The van der Waals surface area contributed by atoms with E-state index in [0.717, 1.165) is 13.1 Å². The smallest absolute Gasteiger partial charge is 0.313 e. The molecule has 5 aliphatic rings. The van der Waals surface area contributed by atoms with E-state index in [4.69, 9.17) is 14.2 Å². The molecule has 1 N–H and O–H groups in total. The third kappa shape index (κ3) is 4.22. The Hall–Kier alpha value is -2.27. The van der Waals surface area contributed by atoms with Gasteiger partial charge in [-0.05, 0) is 19.3 Å². The minimum atomic E-state index is -1.32. The third-order valence-corrected chi connectivity index (χ3v) is 8.79. The normalized spacial score (nSPS) is 36.9.